The third kappa shape index (κ3) is 6.93. The topological polar surface area (TPSA) is 0 Å². The zero-order valence-electron chi connectivity index (χ0n) is 4.14. The van der Waals surface area contributed by atoms with Crippen molar-refractivity contribution in [3.63, 3.8) is 0 Å². The number of allylic oxidation sites excluding steroid dienone is 4. The molecule has 0 spiro atoms. The van der Waals surface area contributed by atoms with E-state index in [1.807, 2.05) is 30.7 Å². The normalized spacial score (nSPS) is 12.8. The molecule has 43 valence electrons. The molecular formula is C5H5Cl2Hf. The zero-order valence-corrected chi connectivity index (χ0v) is 9.25. The number of halogens is 2. The van der Waals surface area contributed by atoms with Gasteiger partial charge in [0.1, 0.15) is 0 Å². The van der Waals surface area contributed by atoms with Gasteiger partial charge in [-0.05, 0) is 0 Å². The van der Waals surface area contributed by atoms with Gasteiger partial charge >= 0.3 is 37.7 Å². The fourth-order valence-electron chi connectivity index (χ4n) is 0.321. The minimum absolute atomic E-state index is 0.972. The molecule has 0 saturated heterocycles. The molecule has 1 aliphatic rings. The van der Waals surface area contributed by atoms with E-state index in [4.69, 9.17) is 17.2 Å². The molecular weight excluding hydrogens is 309 g/mol. The van der Waals surface area contributed by atoms with E-state index in [-0.39, 0.29) is 0 Å². The Balaban J connectivity index is 0.000000145. The Kier molecular flexibility index (Phi) is 8.85. The molecule has 8 heavy (non-hydrogen) atoms. The Hall–Kier alpha value is 0.930. The quantitative estimate of drug-likeness (QED) is 0.603. The van der Waals surface area contributed by atoms with Crippen LogP contribution in [0, 0.1) is 6.42 Å². The second-order valence-corrected chi connectivity index (χ2v) is 6.22. The second-order valence-electron chi connectivity index (χ2n) is 1.03. The summed E-state index contributed by atoms with van der Waals surface area (Å²) in [5.41, 5.74) is 0. The summed E-state index contributed by atoms with van der Waals surface area (Å²) in [6.07, 6.45) is 10.0. The summed E-state index contributed by atoms with van der Waals surface area (Å²) >= 11 is -0.972. The predicted molar refractivity (Wildman–Crippen MR) is 34.3 cm³/mol. The zero-order chi connectivity index (χ0) is 6.24. The van der Waals surface area contributed by atoms with Crippen molar-refractivity contribution in [1.29, 1.82) is 0 Å². The van der Waals surface area contributed by atoms with Gasteiger partial charge in [0, 0.05) is 6.42 Å². The van der Waals surface area contributed by atoms with Crippen LogP contribution in [0.3, 0.4) is 0 Å². The Morgan fingerprint density at radius 3 is 1.38 bits per heavy atom. The molecule has 0 aromatic carbocycles. The Morgan fingerprint density at radius 1 is 0.875 bits per heavy atom. The average molecular weight is 314 g/mol. The second kappa shape index (κ2) is 7.93. The van der Waals surface area contributed by atoms with Gasteiger partial charge in [-0.25, -0.2) is 0 Å². The SMILES string of the molecule is [CH]1C=CC=C1.[Cl][Hf][Cl]. The summed E-state index contributed by atoms with van der Waals surface area (Å²) in [5, 5.41) is 0. The molecule has 1 rings (SSSR count). The molecule has 0 aliphatic heterocycles. The summed E-state index contributed by atoms with van der Waals surface area (Å²) in [4.78, 5) is 0. The fraction of sp³-hybridized carbons (Fsp3) is 0. The van der Waals surface area contributed by atoms with Crippen LogP contribution in [-0.2, 0) is 20.5 Å². The van der Waals surface area contributed by atoms with Crippen LogP contribution in [0.4, 0.5) is 0 Å². The van der Waals surface area contributed by atoms with Crippen molar-refractivity contribution in [2.24, 2.45) is 0 Å². The molecule has 0 aromatic heterocycles. The molecule has 0 fully saturated rings. The molecule has 0 bridgehead atoms. The van der Waals surface area contributed by atoms with Gasteiger partial charge in [0.15, 0.2) is 0 Å². The van der Waals surface area contributed by atoms with Crippen LogP contribution >= 0.6 is 17.2 Å². The van der Waals surface area contributed by atoms with Crippen molar-refractivity contribution in [3.05, 3.63) is 30.7 Å². The van der Waals surface area contributed by atoms with E-state index in [1.54, 1.807) is 0 Å². The molecule has 3 heteroatoms. The van der Waals surface area contributed by atoms with Crippen LogP contribution in [0.15, 0.2) is 24.3 Å². The standard InChI is InChI=1S/C5H5.2ClH.Hf/c1-2-4-5-3-1;;;/h1-5H;2*1H;/q;;;+2/p-2. The summed E-state index contributed by atoms with van der Waals surface area (Å²) < 4.78 is 0. The van der Waals surface area contributed by atoms with Crippen molar-refractivity contribution in [2.45, 2.75) is 0 Å². The van der Waals surface area contributed by atoms with Crippen LogP contribution in [0.25, 0.3) is 0 Å². The first-order valence-electron chi connectivity index (χ1n) is 2.04. The number of rotatable bonds is 0. The van der Waals surface area contributed by atoms with Gasteiger partial charge in [-0.2, -0.15) is 0 Å². The molecule has 1 radical (unpaired) electrons. The van der Waals surface area contributed by atoms with Crippen LogP contribution in [0.2, 0.25) is 0 Å². The first-order valence-corrected chi connectivity index (χ1v) is 10.9. The molecule has 1 aliphatic carbocycles. The molecule has 0 N–H and O–H groups in total. The monoisotopic (exact) mass is 315 g/mol. The summed E-state index contributed by atoms with van der Waals surface area (Å²) in [6, 6.07) is 0. The first kappa shape index (κ1) is 8.93. The fourth-order valence-corrected chi connectivity index (χ4v) is 0.321. The van der Waals surface area contributed by atoms with Gasteiger partial charge in [-0.15, -0.1) is 0 Å². The third-order valence-electron chi connectivity index (χ3n) is 0.556. The predicted octanol–water partition coefficient (Wildman–Crippen LogP) is 2.69. The molecule has 0 nitrogen and oxygen atoms in total. The van der Waals surface area contributed by atoms with Crippen molar-refractivity contribution in [1.82, 2.24) is 0 Å². The van der Waals surface area contributed by atoms with Crippen molar-refractivity contribution >= 4 is 17.2 Å². The summed E-state index contributed by atoms with van der Waals surface area (Å²) in [5.74, 6) is 0. The average Bonchev–Trinajstić information content (AvgIpc) is 2.17. The molecule has 0 atom stereocenters. The Morgan fingerprint density at radius 2 is 1.25 bits per heavy atom. The van der Waals surface area contributed by atoms with Gasteiger partial charge in [0.05, 0.1) is 0 Å². The van der Waals surface area contributed by atoms with Gasteiger partial charge in [-0.1, -0.05) is 24.3 Å². The van der Waals surface area contributed by atoms with E-state index in [1.165, 1.54) is 0 Å². The number of hydrogen-bond acceptors (Lipinski definition) is 0. The minimum atomic E-state index is -0.972. The maximum absolute atomic E-state index is 4.96. The molecule has 0 aromatic rings. The molecule has 0 amide bonds. The van der Waals surface area contributed by atoms with Crippen molar-refractivity contribution in [3.8, 4) is 0 Å². The maximum atomic E-state index is 4.96. The summed E-state index contributed by atoms with van der Waals surface area (Å²) in [7, 11) is 9.92. The van der Waals surface area contributed by atoms with Gasteiger partial charge < -0.3 is 0 Å². The molecule has 0 heterocycles. The Bertz CT molecular complexity index is 78.4. The third-order valence-corrected chi connectivity index (χ3v) is 0.556. The van der Waals surface area contributed by atoms with Crippen molar-refractivity contribution in [2.75, 3.05) is 0 Å². The van der Waals surface area contributed by atoms with Crippen LogP contribution in [-0.4, -0.2) is 0 Å². The van der Waals surface area contributed by atoms with E-state index >= 15 is 0 Å². The van der Waals surface area contributed by atoms with Gasteiger partial charge in [0.2, 0.25) is 0 Å². The molecule has 0 saturated carbocycles. The van der Waals surface area contributed by atoms with Gasteiger partial charge in [0.25, 0.3) is 0 Å². The van der Waals surface area contributed by atoms with Crippen LogP contribution in [0.1, 0.15) is 0 Å². The first-order chi connectivity index (χ1) is 3.91. The molecule has 0 unspecified atom stereocenters. The van der Waals surface area contributed by atoms with E-state index in [2.05, 4.69) is 0 Å². The Labute approximate surface area is 68.1 Å². The van der Waals surface area contributed by atoms with E-state index < -0.39 is 20.5 Å². The van der Waals surface area contributed by atoms with E-state index in [0.29, 0.717) is 0 Å². The van der Waals surface area contributed by atoms with Crippen LogP contribution < -0.4 is 0 Å². The van der Waals surface area contributed by atoms with Crippen LogP contribution in [0.5, 0.6) is 0 Å². The van der Waals surface area contributed by atoms with E-state index in [9.17, 15) is 0 Å². The van der Waals surface area contributed by atoms with E-state index in [0.717, 1.165) is 0 Å². The number of hydrogen-bond donors (Lipinski definition) is 0. The van der Waals surface area contributed by atoms with Gasteiger partial charge in [-0.3, -0.25) is 0 Å². The summed E-state index contributed by atoms with van der Waals surface area (Å²) in [6.45, 7) is 0. The van der Waals surface area contributed by atoms with Crippen molar-refractivity contribution < 1.29 is 20.5 Å².